The van der Waals surface area contributed by atoms with Crippen LogP contribution in [0.5, 0.6) is 0 Å². The molecule has 1 aromatic rings. The Bertz CT molecular complexity index is 404. The number of hydrogen-bond acceptors (Lipinski definition) is 3. The van der Waals surface area contributed by atoms with Gasteiger partial charge in [0.1, 0.15) is 12.4 Å². The lowest BCUT2D eigenvalue weighted by molar-refractivity contribution is -0.114. The smallest absolute Gasteiger partial charge is 0.216 e. The minimum atomic E-state index is -0.0643. The van der Waals surface area contributed by atoms with E-state index >= 15 is 0 Å². The molecule has 1 aliphatic rings. The van der Waals surface area contributed by atoms with Gasteiger partial charge in [-0.25, -0.2) is 4.99 Å². The second-order valence-corrected chi connectivity index (χ2v) is 4.79. The van der Waals surface area contributed by atoms with E-state index in [1.165, 1.54) is 13.8 Å². The Morgan fingerprint density at radius 1 is 1.16 bits per heavy atom. The Balaban J connectivity index is 0.000000467. The van der Waals surface area contributed by atoms with E-state index in [2.05, 4.69) is 18.8 Å². The molecule has 1 aromatic carbocycles. The predicted octanol–water partition coefficient (Wildman–Crippen LogP) is 3.86. The highest BCUT2D eigenvalue weighted by Crippen LogP contribution is 2.20. The van der Waals surface area contributed by atoms with Crippen LogP contribution in [0.25, 0.3) is 0 Å². The van der Waals surface area contributed by atoms with E-state index in [1.54, 1.807) is 0 Å². The van der Waals surface area contributed by atoms with E-state index in [9.17, 15) is 4.79 Å². The van der Waals surface area contributed by atoms with Gasteiger partial charge in [0.15, 0.2) is 0 Å². The molecule has 0 saturated carbocycles. The lowest BCUT2D eigenvalue weighted by atomic mass is 10.1. The highest BCUT2D eigenvalue weighted by Gasteiger charge is 2.26. The van der Waals surface area contributed by atoms with Gasteiger partial charge in [-0.05, 0) is 39.8 Å². The van der Waals surface area contributed by atoms with Gasteiger partial charge in [0.05, 0.1) is 5.54 Å². The van der Waals surface area contributed by atoms with E-state index in [0.717, 1.165) is 11.5 Å². The lowest BCUT2D eigenvalue weighted by Gasteiger charge is -2.07. The van der Waals surface area contributed by atoms with E-state index < -0.39 is 0 Å². The van der Waals surface area contributed by atoms with Crippen molar-refractivity contribution in [2.75, 3.05) is 6.61 Å². The molecule has 19 heavy (non-hydrogen) atoms. The van der Waals surface area contributed by atoms with Gasteiger partial charge in [-0.3, -0.25) is 0 Å². The van der Waals surface area contributed by atoms with Gasteiger partial charge in [0.25, 0.3) is 0 Å². The first kappa shape index (κ1) is 17.4. The fourth-order valence-corrected chi connectivity index (χ4v) is 1.31. The highest BCUT2D eigenvalue weighted by atomic mass is 16.5. The minimum Gasteiger partial charge on any atom is -0.475 e. The number of ether oxygens (including phenoxy) is 1. The van der Waals surface area contributed by atoms with Crippen LogP contribution < -0.4 is 0 Å². The maximum absolute atomic E-state index is 9.44. The first-order valence-corrected chi connectivity index (χ1v) is 6.66. The molecule has 0 spiro atoms. The van der Waals surface area contributed by atoms with Gasteiger partial charge in [0.2, 0.25) is 5.90 Å². The Labute approximate surface area is 116 Å². The molecule has 2 rings (SSSR count). The zero-order valence-electron chi connectivity index (χ0n) is 12.9. The molecular formula is C16H25NO2. The lowest BCUT2D eigenvalue weighted by Crippen LogP contribution is -2.17. The molecule has 0 bridgehead atoms. The second kappa shape index (κ2) is 8.46. The molecule has 3 heteroatoms. The van der Waals surface area contributed by atoms with Crippen LogP contribution in [0.15, 0.2) is 35.3 Å². The summed E-state index contributed by atoms with van der Waals surface area (Å²) in [5, 5.41) is 0. The third-order valence-corrected chi connectivity index (χ3v) is 1.99. The first-order valence-electron chi connectivity index (χ1n) is 6.66. The van der Waals surface area contributed by atoms with Crippen molar-refractivity contribution >= 4 is 11.7 Å². The van der Waals surface area contributed by atoms with Crippen molar-refractivity contribution in [1.29, 1.82) is 0 Å². The molecule has 0 radical (unpaired) electrons. The zero-order valence-corrected chi connectivity index (χ0v) is 12.9. The summed E-state index contributed by atoms with van der Waals surface area (Å²) in [4.78, 5) is 13.9. The molecule has 0 atom stereocenters. The van der Waals surface area contributed by atoms with Crippen molar-refractivity contribution < 1.29 is 9.53 Å². The van der Waals surface area contributed by atoms with Crippen molar-refractivity contribution in [3.63, 3.8) is 0 Å². The van der Waals surface area contributed by atoms with Crippen molar-refractivity contribution in [3.8, 4) is 0 Å². The molecule has 0 unspecified atom stereocenters. The first-order chi connectivity index (χ1) is 8.91. The van der Waals surface area contributed by atoms with E-state index in [0.29, 0.717) is 6.61 Å². The standard InChI is InChI=1S/C11H13NO.C3H6O.C2H6/c1-11(2)8-13-10(12-11)9-6-4-3-5-7-9;1-3(2)4;1-2/h3-7H,8H2,1-2H3;1-2H3;1-2H3. The number of rotatable bonds is 1. The molecule has 106 valence electrons. The summed E-state index contributed by atoms with van der Waals surface area (Å²) in [6.07, 6.45) is 0. The van der Waals surface area contributed by atoms with Gasteiger partial charge >= 0.3 is 0 Å². The van der Waals surface area contributed by atoms with Gasteiger partial charge in [-0.15, -0.1) is 0 Å². The summed E-state index contributed by atoms with van der Waals surface area (Å²) in [7, 11) is 0. The Morgan fingerprint density at radius 3 is 2.00 bits per heavy atom. The predicted molar refractivity (Wildman–Crippen MR) is 80.7 cm³/mol. The molecule has 0 saturated heterocycles. The highest BCUT2D eigenvalue weighted by molar-refractivity contribution is 5.95. The molecular weight excluding hydrogens is 238 g/mol. The molecule has 0 amide bonds. The van der Waals surface area contributed by atoms with Crippen molar-refractivity contribution in [1.82, 2.24) is 0 Å². The fraction of sp³-hybridized carbons (Fsp3) is 0.500. The van der Waals surface area contributed by atoms with Gasteiger partial charge in [-0.1, -0.05) is 32.0 Å². The molecule has 0 fully saturated rings. The third kappa shape index (κ3) is 7.39. The van der Waals surface area contributed by atoms with Crippen molar-refractivity contribution in [2.24, 2.45) is 4.99 Å². The maximum Gasteiger partial charge on any atom is 0.216 e. The Kier molecular flexibility index (Phi) is 7.73. The number of Topliss-reactive ketones (excluding diaryl/α,β-unsaturated/α-hetero) is 1. The van der Waals surface area contributed by atoms with Crippen LogP contribution in [0.2, 0.25) is 0 Å². The van der Waals surface area contributed by atoms with Gasteiger partial charge < -0.3 is 9.53 Å². The quantitative estimate of drug-likeness (QED) is 0.771. The normalized spacial score (nSPS) is 14.9. The number of hydrogen-bond donors (Lipinski definition) is 0. The summed E-state index contributed by atoms with van der Waals surface area (Å²) in [5.41, 5.74) is 0.999. The third-order valence-electron chi connectivity index (χ3n) is 1.99. The van der Waals surface area contributed by atoms with Gasteiger partial charge in [-0.2, -0.15) is 0 Å². The van der Waals surface area contributed by atoms with Crippen LogP contribution in [0.1, 0.15) is 47.1 Å². The molecule has 3 nitrogen and oxygen atoms in total. The molecule has 0 aliphatic carbocycles. The number of carbonyl (C=O) groups is 1. The number of nitrogens with zero attached hydrogens (tertiary/aromatic N) is 1. The van der Waals surface area contributed by atoms with Crippen LogP contribution in [0.3, 0.4) is 0 Å². The summed E-state index contributed by atoms with van der Waals surface area (Å²) in [5.74, 6) is 0.936. The number of aliphatic imine (C=N–C) groups is 1. The Hall–Kier alpha value is -1.64. The summed E-state index contributed by atoms with van der Waals surface area (Å²) >= 11 is 0. The van der Waals surface area contributed by atoms with Crippen LogP contribution in [0.4, 0.5) is 0 Å². The SMILES string of the molecule is CC.CC(C)=O.CC1(C)COC(c2ccccc2)=N1. The van der Waals surface area contributed by atoms with E-state index in [4.69, 9.17) is 4.74 Å². The van der Waals surface area contributed by atoms with Crippen molar-refractivity contribution in [3.05, 3.63) is 35.9 Å². The number of benzene rings is 1. The number of ketones is 1. The van der Waals surface area contributed by atoms with Crippen LogP contribution in [0, 0.1) is 0 Å². The molecule has 0 N–H and O–H groups in total. The van der Waals surface area contributed by atoms with Crippen LogP contribution in [-0.2, 0) is 9.53 Å². The molecule has 1 heterocycles. The second-order valence-electron chi connectivity index (χ2n) is 4.79. The summed E-state index contributed by atoms with van der Waals surface area (Å²) in [6.45, 7) is 11.9. The van der Waals surface area contributed by atoms with Crippen LogP contribution in [-0.4, -0.2) is 23.8 Å². The van der Waals surface area contributed by atoms with Crippen LogP contribution >= 0.6 is 0 Å². The molecule has 1 aliphatic heterocycles. The number of carbonyl (C=O) groups excluding carboxylic acids is 1. The minimum absolute atomic E-state index is 0.0643. The molecule has 0 aromatic heterocycles. The average molecular weight is 263 g/mol. The Morgan fingerprint density at radius 2 is 1.63 bits per heavy atom. The summed E-state index contributed by atoms with van der Waals surface area (Å²) in [6, 6.07) is 10.0. The largest absolute Gasteiger partial charge is 0.475 e. The topological polar surface area (TPSA) is 38.7 Å². The summed E-state index contributed by atoms with van der Waals surface area (Å²) < 4.78 is 5.50. The fourth-order valence-electron chi connectivity index (χ4n) is 1.31. The van der Waals surface area contributed by atoms with E-state index in [1.807, 2.05) is 44.2 Å². The average Bonchev–Trinajstić information content (AvgIpc) is 2.73. The van der Waals surface area contributed by atoms with Crippen molar-refractivity contribution in [2.45, 2.75) is 47.1 Å². The monoisotopic (exact) mass is 263 g/mol. The zero-order chi connectivity index (χ0) is 14.9. The van der Waals surface area contributed by atoms with Gasteiger partial charge in [0, 0.05) is 5.56 Å². The van der Waals surface area contributed by atoms with E-state index in [-0.39, 0.29) is 11.3 Å². The maximum atomic E-state index is 9.44.